The van der Waals surface area contributed by atoms with Crippen molar-refractivity contribution in [2.45, 2.75) is 6.54 Å². The van der Waals surface area contributed by atoms with Gasteiger partial charge in [0, 0.05) is 29.5 Å². The second-order valence-corrected chi connectivity index (χ2v) is 5.33. The lowest BCUT2D eigenvalue weighted by molar-refractivity contribution is 0.687. The highest BCUT2D eigenvalue weighted by Crippen LogP contribution is 2.26. The molecule has 1 N–H and O–H groups in total. The van der Waals surface area contributed by atoms with Crippen molar-refractivity contribution in [3.05, 3.63) is 72.3 Å². The number of pyridine rings is 1. The average Bonchev–Trinajstić information content (AvgIpc) is 3.24. The van der Waals surface area contributed by atoms with Crippen LogP contribution in [0, 0.1) is 11.3 Å². The predicted molar refractivity (Wildman–Crippen MR) is 87.6 cm³/mol. The average molecular weight is 299 g/mol. The minimum atomic E-state index is 0.668. The van der Waals surface area contributed by atoms with Crippen LogP contribution in [-0.2, 0) is 6.54 Å². The number of nitriles is 1. The number of hydrogen-bond donors (Lipinski definition) is 1. The van der Waals surface area contributed by atoms with Gasteiger partial charge in [-0.15, -0.1) is 0 Å². The van der Waals surface area contributed by atoms with Crippen LogP contribution in [0.15, 0.2) is 61.2 Å². The number of nitrogens with one attached hydrogen (secondary N) is 1. The zero-order chi connectivity index (χ0) is 15.6. The maximum Gasteiger partial charge on any atom is 0.137 e. The SMILES string of the molecule is N#Cc1ccc(Cn2cc(-c3ccnc4[nH]ccc34)cn2)cc1. The normalized spacial score (nSPS) is 10.7. The summed E-state index contributed by atoms with van der Waals surface area (Å²) in [4.78, 5) is 7.43. The highest BCUT2D eigenvalue weighted by molar-refractivity contribution is 5.92. The van der Waals surface area contributed by atoms with E-state index in [-0.39, 0.29) is 0 Å². The smallest absolute Gasteiger partial charge is 0.137 e. The first-order valence-electron chi connectivity index (χ1n) is 7.27. The Balaban J connectivity index is 1.64. The highest BCUT2D eigenvalue weighted by Gasteiger charge is 2.08. The molecule has 0 aliphatic carbocycles. The van der Waals surface area contributed by atoms with Gasteiger partial charge in [0.2, 0.25) is 0 Å². The largest absolute Gasteiger partial charge is 0.346 e. The number of fused-ring (bicyclic) bond motifs is 1. The first-order valence-corrected chi connectivity index (χ1v) is 7.27. The lowest BCUT2D eigenvalue weighted by Crippen LogP contribution is -1.99. The Kier molecular flexibility index (Phi) is 3.13. The molecule has 0 saturated carbocycles. The summed E-state index contributed by atoms with van der Waals surface area (Å²) >= 11 is 0. The molecule has 0 radical (unpaired) electrons. The van der Waals surface area contributed by atoms with Crippen LogP contribution in [0.1, 0.15) is 11.1 Å². The molecule has 0 spiro atoms. The molecule has 3 aromatic heterocycles. The van der Waals surface area contributed by atoms with Crippen molar-refractivity contribution in [2.75, 3.05) is 0 Å². The molecule has 0 atom stereocenters. The molecule has 0 unspecified atom stereocenters. The maximum absolute atomic E-state index is 8.84. The van der Waals surface area contributed by atoms with Crippen LogP contribution in [0.2, 0.25) is 0 Å². The standard InChI is InChI=1S/C18H13N5/c19-9-13-1-3-14(4-2-13)11-23-12-15(10-22-23)16-5-7-20-18-17(16)6-8-21-18/h1-8,10,12H,11H2,(H,20,21). The molecule has 0 saturated heterocycles. The Morgan fingerprint density at radius 2 is 2.00 bits per heavy atom. The molecule has 4 aromatic rings. The Labute approximate surface area is 132 Å². The Bertz CT molecular complexity index is 1000. The number of aromatic amines is 1. The topological polar surface area (TPSA) is 70.3 Å². The monoisotopic (exact) mass is 299 g/mol. The third-order valence-electron chi connectivity index (χ3n) is 3.83. The second-order valence-electron chi connectivity index (χ2n) is 5.33. The van der Waals surface area contributed by atoms with E-state index in [2.05, 4.69) is 21.1 Å². The first kappa shape index (κ1) is 13.3. The number of hydrogen-bond acceptors (Lipinski definition) is 3. The van der Waals surface area contributed by atoms with E-state index in [0.29, 0.717) is 12.1 Å². The van der Waals surface area contributed by atoms with E-state index in [0.717, 1.165) is 27.7 Å². The van der Waals surface area contributed by atoms with Gasteiger partial charge < -0.3 is 4.98 Å². The van der Waals surface area contributed by atoms with Crippen LogP contribution >= 0.6 is 0 Å². The maximum atomic E-state index is 8.84. The van der Waals surface area contributed by atoms with E-state index in [1.54, 1.807) is 6.20 Å². The predicted octanol–water partition coefficient (Wildman–Crippen LogP) is 3.35. The molecule has 3 heterocycles. The van der Waals surface area contributed by atoms with Gasteiger partial charge >= 0.3 is 0 Å². The zero-order valence-electron chi connectivity index (χ0n) is 12.3. The summed E-state index contributed by atoms with van der Waals surface area (Å²) in [5.74, 6) is 0. The van der Waals surface area contributed by atoms with E-state index in [9.17, 15) is 0 Å². The summed E-state index contributed by atoms with van der Waals surface area (Å²) in [6.07, 6.45) is 7.58. The summed E-state index contributed by atoms with van der Waals surface area (Å²) in [6, 6.07) is 13.7. The van der Waals surface area contributed by atoms with E-state index in [1.807, 2.05) is 59.7 Å². The van der Waals surface area contributed by atoms with Gasteiger partial charge in [-0.1, -0.05) is 12.1 Å². The molecule has 0 aliphatic rings. The van der Waals surface area contributed by atoms with Crippen LogP contribution in [-0.4, -0.2) is 19.7 Å². The number of benzene rings is 1. The van der Waals surface area contributed by atoms with Gasteiger partial charge in [-0.3, -0.25) is 4.68 Å². The van der Waals surface area contributed by atoms with Gasteiger partial charge in [-0.25, -0.2) is 4.98 Å². The molecular weight excluding hydrogens is 286 g/mol. The molecule has 23 heavy (non-hydrogen) atoms. The summed E-state index contributed by atoms with van der Waals surface area (Å²) in [7, 11) is 0. The van der Waals surface area contributed by atoms with E-state index < -0.39 is 0 Å². The molecule has 0 aliphatic heterocycles. The molecule has 110 valence electrons. The lowest BCUT2D eigenvalue weighted by Gasteiger charge is -2.02. The first-order chi connectivity index (χ1) is 11.3. The van der Waals surface area contributed by atoms with Gasteiger partial charge in [-0.05, 0) is 35.4 Å². The van der Waals surface area contributed by atoms with Crippen LogP contribution in [0.4, 0.5) is 0 Å². The molecule has 0 amide bonds. The molecular formula is C18H13N5. The van der Waals surface area contributed by atoms with Crippen molar-refractivity contribution in [1.29, 1.82) is 5.26 Å². The number of H-pyrrole nitrogens is 1. The van der Waals surface area contributed by atoms with E-state index >= 15 is 0 Å². The minimum absolute atomic E-state index is 0.668. The van der Waals surface area contributed by atoms with Crippen molar-refractivity contribution in [3.8, 4) is 17.2 Å². The van der Waals surface area contributed by atoms with E-state index in [1.165, 1.54) is 0 Å². The third-order valence-corrected chi connectivity index (χ3v) is 3.83. The number of rotatable bonds is 3. The van der Waals surface area contributed by atoms with Gasteiger partial charge in [0.15, 0.2) is 0 Å². The molecule has 0 fully saturated rings. The zero-order valence-corrected chi connectivity index (χ0v) is 12.3. The van der Waals surface area contributed by atoms with Crippen molar-refractivity contribution in [2.24, 2.45) is 0 Å². The Morgan fingerprint density at radius 3 is 2.83 bits per heavy atom. The van der Waals surface area contributed by atoms with Crippen LogP contribution < -0.4 is 0 Å². The second kappa shape index (κ2) is 5.43. The quantitative estimate of drug-likeness (QED) is 0.630. The van der Waals surface area contributed by atoms with Gasteiger partial charge in [0.05, 0.1) is 24.4 Å². The Hall–Kier alpha value is -3.39. The van der Waals surface area contributed by atoms with Crippen molar-refractivity contribution < 1.29 is 0 Å². The number of nitrogens with zero attached hydrogens (tertiary/aromatic N) is 4. The van der Waals surface area contributed by atoms with Crippen molar-refractivity contribution in [3.63, 3.8) is 0 Å². The molecule has 0 bridgehead atoms. The molecule has 4 rings (SSSR count). The van der Waals surface area contributed by atoms with Crippen LogP contribution in [0.5, 0.6) is 0 Å². The third kappa shape index (κ3) is 2.47. The van der Waals surface area contributed by atoms with Gasteiger partial charge in [0.1, 0.15) is 5.65 Å². The fraction of sp³-hybridized carbons (Fsp3) is 0.0556. The summed E-state index contributed by atoms with van der Waals surface area (Å²) in [5.41, 5.74) is 4.83. The Morgan fingerprint density at radius 1 is 1.13 bits per heavy atom. The minimum Gasteiger partial charge on any atom is -0.346 e. The van der Waals surface area contributed by atoms with Crippen LogP contribution in [0.25, 0.3) is 22.2 Å². The van der Waals surface area contributed by atoms with Gasteiger partial charge in [-0.2, -0.15) is 10.4 Å². The summed E-state index contributed by atoms with van der Waals surface area (Å²) in [6.45, 7) is 0.674. The van der Waals surface area contributed by atoms with Crippen LogP contribution in [0.3, 0.4) is 0 Å². The molecule has 1 aromatic carbocycles. The van der Waals surface area contributed by atoms with Crippen molar-refractivity contribution >= 4 is 11.0 Å². The highest BCUT2D eigenvalue weighted by atomic mass is 15.3. The fourth-order valence-electron chi connectivity index (χ4n) is 2.67. The lowest BCUT2D eigenvalue weighted by atomic mass is 10.1. The van der Waals surface area contributed by atoms with Crippen molar-refractivity contribution in [1.82, 2.24) is 19.7 Å². The molecule has 5 heteroatoms. The fourth-order valence-corrected chi connectivity index (χ4v) is 2.67. The van der Waals surface area contributed by atoms with E-state index in [4.69, 9.17) is 5.26 Å². The molecule has 5 nitrogen and oxygen atoms in total. The van der Waals surface area contributed by atoms with Gasteiger partial charge in [0.25, 0.3) is 0 Å². The number of aromatic nitrogens is 4. The summed E-state index contributed by atoms with van der Waals surface area (Å²) < 4.78 is 1.90. The summed E-state index contributed by atoms with van der Waals surface area (Å²) in [5, 5.41) is 14.4.